The smallest absolute Gasteiger partial charge is 0.257 e. The molecule has 0 saturated carbocycles. The van der Waals surface area contributed by atoms with Crippen LogP contribution in [0.2, 0.25) is 10.2 Å². The number of hydrogen-bond acceptors (Lipinski definition) is 2. The number of aromatic nitrogens is 1. The van der Waals surface area contributed by atoms with Gasteiger partial charge in [-0.2, -0.15) is 0 Å². The Morgan fingerprint density at radius 1 is 1.20 bits per heavy atom. The lowest BCUT2D eigenvalue weighted by atomic mass is 10.1. The Labute approximate surface area is 135 Å². The second kappa shape index (κ2) is 6.12. The molecule has 2 rings (SSSR count). The first-order valence-corrected chi connectivity index (χ1v) is 7.32. The largest absolute Gasteiger partial charge is 0.321 e. The lowest BCUT2D eigenvalue weighted by molar-refractivity contribution is 0.102. The molecule has 0 fully saturated rings. The van der Waals surface area contributed by atoms with Crippen LogP contribution in [-0.4, -0.2) is 10.9 Å². The van der Waals surface area contributed by atoms with E-state index in [1.807, 2.05) is 26.0 Å². The number of benzene rings is 1. The van der Waals surface area contributed by atoms with Crippen molar-refractivity contribution in [1.29, 1.82) is 0 Å². The summed E-state index contributed by atoms with van der Waals surface area (Å²) in [5, 5.41) is 3.35. The SMILES string of the molecule is Cc1cc(Br)cc(C)c1NC(=O)c1cc(Cl)ncc1Cl. The minimum absolute atomic E-state index is 0.226. The van der Waals surface area contributed by atoms with Crippen LogP contribution in [0.3, 0.4) is 0 Å². The maximum atomic E-state index is 12.3. The summed E-state index contributed by atoms with van der Waals surface area (Å²) in [6.45, 7) is 3.85. The molecular weight excluding hydrogens is 363 g/mol. The van der Waals surface area contributed by atoms with Crippen molar-refractivity contribution in [2.75, 3.05) is 5.32 Å². The van der Waals surface area contributed by atoms with E-state index in [2.05, 4.69) is 26.2 Å². The highest BCUT2D eigenvalue weighted by Crippen LogP contribution is 2.26. The number of aryl methyl sites for hydroxylation is 2. The maximum absolute atomic E-state index is 12.3. The van der Waals surface area contributed by atoms with E-state index in [1.54, 1.807) is 0 Å². The average molecular weight is 374 g/mol. The zero-order valence-corrected chi connectivity index (χ0v) is 13.9. The van der Waals surface area contributed by atoms with Gasteiger partial charge in [-0.3, -0.25) is 4.79 Å². The molecule has 1 heterocycles. The number of halogens is 3. The number of anilines is 1. The topological polar surface area (TPSA) is 42.0 Å². The van der Waals surface area contributed by atoms with Gasteiger partial charge in [-0.15, -0.1) is 0 Å². The van der Waals surface area contributed by atoms with Gasteiger partial charge in [0.1, 0.15) is 5.15 Å². The summed E-state index contributed by atoms with van der Waals surface area (Å²) in [5.41, 5.74) is 2.98. The molecule has 0 aliphatic rings. The Balaban J connectivity index is 2.35. The van der Waals surface area contributed by atoms with Crippen molar-refractivity contribution in [2.45, 2.75) is 13.8 Å². The number of carbonyl (C=O) groups is 1. The van der Waals surface area contributed by atoms with E-state index < -0.39 is 0 Å². The first kappa shape index (κ1) is 15.3. The number of hydrogen-bond donors (Lipinski definition) is 1. The zero-order valence-electron chi connectivity index (χ0n) is 10.8. The molecule has 1 aromatic carbocycles. The third kappa shape index (κ3) is 3.32. The minimum Gasteiger partial charge on any atom is -0.321 e. The molecule has 0 bridgehead atoms. The Morgan fingerprint density at radius 2 is 1.80 bits per heavy atom. The van der Waals surface area contributed by atoms with Crippen molar-refractivity contribution in [3.05, 3.63) is 55.7 Å². The normalized spacial score (nSPS) is 10.4. The summed E-state index contributed by atoms with van der Waals surface area (Å²) in [6, 6.07) is 5.32. The Kier molecular flexibility index (Phi) is 4.68. The van der Waals surface area contributed by atoms with E-state index in [9.17, 15) is 4.79 Å². The fourth-order valence-corrected chi connectivity index (χ4v) is 2.91. The summed E-state index contributed by atoms with van der Waals surface area (Å²) >= 11 is 15.2. The monoisotopic (exact) mass is 372 g/mol. The van der Waals surface area contributed by atoms with Crippen molar-refractivity contribution < 1.29 is 4.79 Å². The number of amides is 1. The highest BCUT2D eigenvalue weighted by molar-refractivity contribution is 9.10. The molecule has 0 aliphatic carbocycles. The lowest BCUT2D eigenvalue weighted by Crippen LogP contribution is -2.14. The Morgan fingerprint density at radius 3 is 2.40 bits per heavy atom. The van der Waals surface area contributed by atoms with Crippen LogP contribution in [0.15, 0.2) is 28.9 Å². The molecule has 6 heteroatoms. The van der Waals surface area contributed by atoms with E-state index >= 15 is 0 Å². The molecular formula is C14H11BrCl2N2O. The third-order valence-corrected chi connectivity index (χ3v) is 3.77. The molecule has 0 spiro atoms. The summed E-state index contributed by atoms with van der Waals surface area (Å²) in [5.74, 6) is -0.312. The van der Waals surface area contributed by atoms with Crippen LogP contribution >= 0.6 is 39.1 Å². The molecule has 0 radical (unpaired) electrons. The molecule has 3 nitrogen and oxygen atoms in total. The maximum Gasteiger partial charge on any atom is 0.257 e. The van der Waals surface area contributed by atoms with Crippen LogP contribution in [0.25, 0.3) is 0 Å². The highest BCUT2D eigenvalue weighted by Gasteiger charge is 2.14. The van der Waals surface area contributed by atoms with Crippen molar-refractivity contribution in [2.24, 2.45) is 0 Å². The van der Waals surface area contributed by atoms with Crippen molar-refractivity contribution in [1.82, 2.24) is 4.98 Å². The van der Waals surface area contributed by atoms with Crippen LogP contribution in [0.1, 0.15) is 21.5 Å². The summed E-state index contributed by atoms with van der Waals surface area (Å²) in [4.78, 5) is 16.1. The number of nitrogens with one attached hydrogen (secondary N) is 1. The van der Waals surface area contributed by atoms with Gasteiger partial charge in [0.2, 0.25) is 0 Å². The van der Waals surface area contributed by atoms with E-state index in [-0.39, 0.29) is 16.1 Å². The van der Waals surface area contributed by atoms with E-state index in [1.165, 1.54) is 12.3 Å². The van der Waals surface area contributed by atoms with Crippen LogP contribution in [0, 0.1) is 13.8 Å². The molecule has 0 saturated heterocycles. The van der Waals surface area contributed by atoms with Crippen LogP contribution in [-0.2, 0) is 0 Å². The number of rotatable bonds is 2. The first-order chi connectivity index (χ1) is 9.38. The molecule has 104 valence electrons. The van der Waals surface area contributed by atoms with Gasteiger partial charge in [0.25, 0.3) is 5.91 Å². The minimum atomic E-state index is -0.312. The van der Waals surface area contributed by atoms with Gasteiger partial charge in [0.15, 0.2) is 0 Å². The van der Waals surface area contributed by atoms with Gasteiger partial charge in [-0.25, -0.2) is 4.98 Å². The van der Waals surface area contributed by atoms with Crippen LogP contribution < -0.4 is 5.32 Å². The molecule has 0 unspecified atom stereocenters. The summed E-state index contributed by atoms with van der Waals surface area (Å²) < 4.78 is 0.968. The second-order valence-corrected chi connectivity index (χ2v) is 6.07. The molecule has 0 aliphatic heterocycles. The summed E-state index contributed by atoms with van der Waals surface area (Å²) in [7, 11) is 0. The zero-order chi connectivity index (χ0) is 14.9. The second-order valence-electron chi connectivity index (χ2n) is 4.36. The van der Waals surface area contributed by atoms with Gasteiger partial charge < -0.3 is 5.32 Å². The fraction of sp³-hybridized carbons (Fsp3) is 0.143. The molecule has 20 heavy (non-hydrogen) atoms. The third-order valence-electron chi connectivity index (χ3n) is 2.80. The van der Waals surface area contributed by atoms with E-state index in [4.69, 9.17) is 23.2 Å². The Bertz CT molecular complexity index is 666. The number of pyridine rings is 1. The lowest BCUT2D eigenvalue weighted by Gasteiger charge is -2.13. The molecule has 1 amide bonds. The van der Waals surface area contributed by atoms with Crippen LogP contribution in [0.4, 0.5) is 5.69 Å². The van der Waals surface area contributed by atoms with Crippen molar-refractivity contribution in [3.63, 3.8) is 0 Å². The molecule has 2 aromatic rings. The first-order valence-electron chi connectivity index (χ1n) is 5.77. The van der Waals surface area contributed by atoms with Gasteiger partial charge in [-0.05, 0) is 43.2 Å². The van der Waals surface area contributed by atoms with Crippen molar-refractivity contribution >= 4 is 50.7 Å². The Hall–Kier alpha value is -1.10. The average Bonchev–Trinajstić information content (AvgIpc) is 2.36. The highest BCUT2D eigenvalue weighted by atomic mass is 79.9. The van der Waals surface area contributed by atoms with Gasteiger partial charge in [0.05, 0.1) is 10.6 Å². The summed E-state index contributed by atoms with van der Waals surface area (Å²) in [6.07, 6.45) is 1.36. The standard InChI is InChI=1S/C14H11BrCl2N2O/c1-7-3-9(15)4-8(2)13(7)19-14(20)10-5-12(17)18-6-11(10)16/h3-6H,1-2H3,(H,19,20). The number of nitrogens with zero attached hydrogens (tertiary/aromatic N) is 1. The van der Waals surface area contributed by atoms with Gasteiger partial charge >= 0.3 is 0 Å². The molecule has 1 N–H and O–H groups in total. The van der Waals surface area contributed by atoms with Crippen molar-refractivity contribution in [3.8, 4) is 0 Å². The predicted octanol–water partition coefficient (Wildman–Crippen LogP) is 5.02. The quantitative estimate of drug-likeness (QED) is 0.751. The van der Waals surface area contributed by atoms with Gasteiger partial charge in [0, 0.05) is 16.4 Å². The molecule has 0 atom stereocenters. The van der Waals surface area contributed by atoms with Crippen LogP contribution in [0.5, 0.6) is 0 Å². The van der Waals surface area contributed by atoms with E-state index in [0.717, 1.165) is 21.3 Å². The predicted molar refractivity (Wildman–Crippen MR) is 85.8 cm³/mol. The van der Waals surface area contributed by atoms with Gasteiger partial charge in [-0.1, -0.05) is 39.1 Å². The molecule has 1 aromatic heterocycles. The fourth-order valence-electron chi connectivity index (χ4n) is 1.88. The number of carbonyl (C=O) groups excluding carboxylic acids is 1. The van der Waals surface area contributed by atoms with E-state index in [0.29, 0.717) is 5.56 Å².